The van der Waals surface area contributed by atoms with Crippen molar-refractivity contribution < 1.29 is 19.4 Å². The zero-order chi connectivity index (χ0) is 39.1. The third kappa shape index (κ3) is 45.0. The van der Waals surface area contributed by atoms with E-state index < -0.39 is 6.10 Å². The fourth-order valence-corrected chi connectivity index (χ4v) is 7.06. The van der Waals surface area contributed by atoms with Crippen LogP contribution < -0.4 is 0 Å². The van der Waals surface area contributed by atoms with E-state index in [0.29, 0.717) is 19.6 Å². The first-order valence-electron chi connectivity index (χ1n) is 24.1. The second-order valence-corrected chi connectivity index (χ2v) is 16.2. The summed E-state index contributed by atoms with van der Waals surface area (Å²) in [6, 6.07) is 0. The third-order valence-corrected chi connectivity index (χ3v) is 10.7. The number of rotatable bonds is 45. The van der Waals surface area contributed by atoms with Crippen LogP contribution >= 0.6 is 0 Å². The van der Waals surface area contributed by atoms with Crippen molar-refractivity contribution in [3.63, 3.8) is 0 Å². The smallest absolute Gasteiger partial charge is 0.306 e. The summed E-state index contributed by atoms with van der Waals surface area (Å²) in [6.07, 6.45) is 60.8. The van der Waals surface area contributed by atoms with E-state index in [1.54, 1.807) is 0 Å². The molecule has 0 rings (SSSR count). The Hall–Kier alpha value is -1.39. The molecular formula is C50H94O4. The summed E-state index contributed by atoms with van der Waals surface area (Å²) in [7, 11) is 0. The highest BCUT2D eigenvalue weighted by Crippen LogP contribution is 2.15. The molecule has 0 aromatic carbocycles. The average molecular weight is 759 g/mol. The molecule has 54 heavy (non-hydrogen) atoms. The van der Waals surface area contributed by atoms with Gasteiger partial charge >= 0.3 is 5.97 Å². The molecule has 0 spiro atoms. The molecule has 0 aliphatic carbocycles. The van der Waals surface area contributed by atoms with Crippen molar-refractivity contribution in [2.75, 3.05) is 19.8 Å². The number of unbranched alkanes of at least 4 members (excludes halogenated alkanes) is 31. The molecule has 4 nitrogen and oxygen atoms in total. The number of hydrogen-bond donors (Lipinski definition) is 1. The Morgan fingerprint density at radius 3 is 1.19 bits per heavy atom. The van der Waals surface area contributed by atoms with Crippen LogP contribution in [0.3, 0.4) is 0 Å². The van der Waals surface area contributed by atoms with E-state index in [4.69, 9.17) is 9.47 Å². The van der Waals surface area contributed by atoms with Gasteiger partial charge in [-0.3, -0.25) is 4.79 Å². The van der Waals surface area contributed by atoms with Gasteiger partial charge in [-0.25, -0.2) is 0 Å². The average Bonchev–Trinajstić information content (AvgIpc) is 3.18. The van der Waals surface area contributed by atoms with Crippen LogP contribution in [0, 0.1) is 0 Å². The van der Waals surface area contributed by atoms with Crippen LogP contribution in [0.5, 0.6) is 0 Å². The van der Waals surface area contributed by atoms with E-state index in [2.05, 4.69) is 50.3 Å². The third-order valence-electron chi connectivity index (χ3n) is 10.7. The molecule has 0 saturated carbocycles. The molecule has 0 saturated heterocycles. The molecule has 0 fully saturated rings. The van der Waals surface area contributed by atoms with Gasteiger partial charge in [-0.2, -0.15) is 0 Å². The summed E-state index contributed by atoms with van der Waals surface area (Å²) in [5.41, 5.74) is 0. The Morgan fingerprint density at radius 2 is 0.778 bits per heavy atom. The molecule has 0 aliphatic rings. The second kappa shape index (κ2) is 47.8. The quantitative estimate of drug-likeness (QED) is 0.0382. The molecular weight excluding hydrogens is 665 g/mol. The maximum Gasteiger partial charge on any atom is 0.306 e. The maximum atomic E-state index is 12.2. The number of carbonyl (C=O) groups is 1. The first kappa shape index (κ1) is 52.6. The zero-order valence-electron chi connectivity index (χ0n) is 36.5. The largest absolute Gasteiger partial charge is 0.457 e. The lowest BCUT2D eigenvalue weighted by Gasteiger charge is -2.15. The monoisotopic (exact) mass is 759 g/mol. The molecule has 0 aromatic heterocycles. The molecule has 1 atom stereocenters. The number of hydrogen-bond acceptors (Lipinski definition) is 4. The van der Waals surface area contributed by atoms with Crippen LogP contribution in [0.15, 0.2) is 36.5 Å². The summed E-state index contributed by atoms with van der Waals surface area (Å²) < 4.78 is 11.2. The SMILES string of the molecule is CCCCCC/C=C\C/C=C\CCCCCCCCOCC(CO)OC(=O)CCCCCCCCCCCCCCC/C=C\CCCCCCCCCC. The van der Waals surface area contributed by atoms with Crippen molar-refractivity contribution in [1.82, 2.24) is 0 Å². The molecule has 0 bridgehead atoms. The lowest BCUT2D eigenvalue weighted by atomic mass is 10.0. The topological polar surface area (TPSA) is 55.8 Å². The fraction of sp³-hybridized carbons (Fsp3) is 0.860. The fourth-order valence-electron chi connectivity index (χ4n) is 7.06. The summed E-state index contributed by atoms with van der Waals surface area (Å²) in [6.45, 7) is 5.34. The molecule has 0 amide bonds. The minimum absolute atomic E-state index is 0.174. The van der Waals surface area contributed by atoms with Gasteiger partial charge in [0.2, 0.25) is 0 Å². The number of aliphatic hydroxyl groups is 1. The zero-order valence-corrected chi connectivity index (χ0v) is 36.5. The Bertz CT molecular complexity index is 802. The van der Waals surface area contributed by atoms with Crippen LogP contribution in [-0.4, -0.2) is 37.0 Å². The van der Waals surface area contributed by atoms with Crippen LogP contribution in [-0.2, 0) is 14.3 Å². The van der Waals surface area contributed by atoms with E-state index in [9.17, 15) is 9.90 Å². The van der Waals surface area contributed by atoms with Gasteiger partial charge in [0.05, 0.1) is 13.2 Å². The molecule has 0 radical (unpaired) electrons. The van der Waals surface area contributed by atoms with Gasteiger partial charge in [0.15, 0.2) is 0 Å². The Kier molecular flexibility index (Phi) is 46.5. The molecule has 0 aliphatic heterocycles. The van der Waals surface area contributed by atoms with Gasteiger partial charge in [-0.15, -0.1) is 0 Å². The lowest BCUT2D eigenvalue weighted by Crippen LogP contribution is -2.27. The van der Waals surface area contributed by atoms with Crippen LogP contribution in [0.1, 0.15) is 251 Å². The molecule has 4 heteroatoms. The Balaban J connectivity index is 3.40. The predicted octanol–water partition coefficient (Wildman–Crippen LogP) is 16.0. The van der Waals surface area contributed by atoms with Crippen LogP contribution in [0.2, 0.25) is 0 Å². The second-order valence-electron chi connectivity index (χ2n) is 16.2. The van der Waals surface area contributed by atoms with Crippen molar-refractivity contribution in [3.8, 4) is 0 Å². The predicted molar refractivity (Wildman–Crippen MR) is 237 cm³/mol. The first-order valence-corrected chi connectivity index (χ1v) is 24.1. The van der Waals surface area contributed by atoms with Crippen molar-refractivity contribution in [1.29, 1.82) is 0 Å². The maximum absolute atomic E-state index is 12.2. The van der Waals surface area contributed by atoms with Gasteiger partial charge < -0.3 is 14.6 Å². The van der Waals surface area contributed by atoms with Gasteiger partial charge in [-0.05, 0) is 70.6 Å². The number of aliphatic hydroxyl groups excluding tert-OH is 1. The van der Waals surface area contributed by atoms with E-state index in [1.165, 1.54) is 205 Å². The molecule has 1 N–H and O–H groups in total. The highest BCUT2D eigenvalue weighted by Gasteiger charge is 2.13. The highest BCUT2D eigenvalue weighted by atomic mass is 16.6. The highest BCUT2D eigenvalue weighted by molar-refractivity contribution is 5.69. The molecule has 1 unspecified atom stereocenters. The normalized spacial score (nSPS) is 12.6. The molecule has 318 valence electrons. The Labute approximate surface area is 338 Å². The van der Waals surface area contributed by atoms with Gasteiger partial charge in [0.25, 0.3) is 0 Å². The number of esters is 1. The lowest BCUT2D eigenvalue weighted by molar-refractivity contribution is -0.154. The van der Waals surface area contributed by atoms with Gasteiger partial charge in [-0.1, -0.05) is 211 Å². The molecule has 0 heterocycles. The van der Waals surface area contributed by atoms with E-state index in [-0.39, 0.29) is 12.6 Å². The number of allylic oxidation sites excluding steroid dienone is 6. The first-order chi connectivity index (χ1) is 26.7. The standard InChI is InChI=1S/C50H94O4/c1-3-5-7-9-11-13-15-17-19-21-22-23-24-25-26-27-28-29-31-33-35-37-39-41-43-45-50(52)54-49(47-51)48-53-46-44-42-40-38-36-34-32-30-20-18-16-14-12-10-8-6-4-2/h14,16,20-22,30,49,51H,3-13,15,17-19,23-29,31-48H2,1-2H3/b16-14-,22-21-,30-20-. The van der Waals surface area contributed by atoms with Crippen molar-refractivity contribution in [2.24, 2.45) is 0 Å². The van der Waals surface area contributed by atoms with Gasteiger partial charge in [0.1, 0.15) is 6.10 Å². The molecule has 0 aromatic rings. The van der Waals surface area contributed by atoms with E-state index >= 15 is 0 Å². The summed E-state index contributed by atoms with van der Waals surface area (Å²) in [4.78, 5) is 12.2. The number of ether oxygens (including phenoxy) is 2. The van der Waals surface area contributed by atoms with Crippen LogP contribution in [0.25, 0.3) is 0 Å². The minimum atomic E-state index is -0.539. The van der Waals surface area contributed by atoms with Crippen LogP contribution in [0.4, 0.5) is 0 Å². The Morgan fingerprint density at radius 1 is 0.444 bits per heavy atom. The number of carbonyl (C=O) groups excluding carboxylic acids is 1. The minimum Gasteiger partial charge on any atom is -0.457 e. The van der Waals surface area contributed by atoms with E-state index in [0.717, 1.165) is 25.7 Å². The van der Waals surface area contributed by atoms with Crippen molar-refractivity contribution in [3.05, 3.63) is 36.5 Å². The van der Waals surface area contributed by atoms with Gasteiger partial charge in [0, 0.05) is 13.0 Å². The van der Waals surface area contributed by atoms with Crippen molar-refractivity contribution >= 4 is 5.97 Å². The summed E-state index contributed by atoms with van der Waals surface area (Å²) >= 11 is 0. The summed E-state index contributed by atoms with van der Waals surface area (Å²) in [5, 5.41) is 9.62. The summed E-state index contributed by atoms with van der Waals surface area (Å²) in [5.74, 6) is -0.202. The van der Waals surface area contributed by atoms with E-state index in [1.807, 2.05) is 0 Å². The van der Waals surface area contributed by atoms with Crippen molar-refractivity contribution in [2.45, 2.75) is 258 Å².